The number of imidazole rings is 1. The van der Waals surface area contributed by atoms with Crippen LogP contribution in [0.3, 0.4) is 0 Å². The van der Waals surface area contributed by atoms with Gasteiger partial charge < -0.3 is 4.98 Å². The molecule has 1 rings (SSSR count). The van der Waals surface area contributed by atoms with Gasteiger partial charge in [0.15, 0.2) is 0 Å². The molecule has 116 valence electrons. The van der Waals surface area contributed by atoms with Crippen LogP contribution in [0.5, 0.6) is 0 Å². The lowest BCUT2D eigenvalue weighted by Gasteiger charge is -2.26. The normalized spacial score (nSPS) is 14.9. The molecule has 0 spiro atoms. The van der Waals surface area contributed by atoms with Crippen molar-refractivity contribution in [3.63, 3.8) is 0 Å². The lowest BCUT2D eigenvalue weighted by molar-refractivity contribution is 0.440. The minimum Gasteiger partial charge on any atom is -0.345 e. The summed E-state index contributed by atoms with van der Waals surface area (Å²) in [5, 5.41) is 0. The number of rotatable bonds is 5. The summed E-state index contributed by atoms with van der Waals surface area (Å²) in [5.41, 5.74) is 2.88. The minimum atomic E-state index is 0.0754. The second-order valence-electron chi connectivity index (χ2n) is 8.26. The molecular formula is C18H34N2. The SMILES string of the molecule is CCCC(C)(C)c1[nH]c(C(C)(C)C)nc1C(C)C(C)C. The van der Waals surface area contributed by atoms with Crippen LogP contribution in [-0.2, 0) is 10.8 Å². The first kappa shape index (κ1) is 17.3. The van der Waals surface area contributed by atoms with E-state index in [9.17, 15) is 0 Å². The van der Waals surface area contributed by atoms with Gasteiger partial charge in [-0.05, 0) is 12.3 Å². The second kappa shape index (κ2) is 5.91. The van der Waals surface area contributed by atoms with E-state index >= 15 is 0 Å². The lowest BCUT2D eigenvalue weighted by atomic mass is 9.80. The average molecular weight is 278 g/mol. The Balaban J connectivity index is 3.37. The summed E-state index contributed by atoms with van der Waals surface area (Å²) in [4.78, 5) is 8.67. The van der Waals surface area contributed by atoms with E-state index in [1.807, 2.05) is 0 Å². The van der Waals surface area contributed by atoms with Crippen molar-refractivity contribution in [2.75, 3.05) is 0 Å². The van der Waals surface area contributed by atoms with Crippen LogP contribution in [0.25, 0.3) is 0 Å². The van der Waals surface area contributed by atoms with Crippen LogP contribution < -0.4 is 0 Å². The molecule has 2 heteroatoms. The van der Waals surface area contributed by atoms with Crippen molar-refractivity contribution in [1.29, 1.82) is 0 Å². The quantitative estimate of drug-likeness (QED) is 0.752. The zero-order valence-electron chi connectivity index (χ0n) is 15.0. The predicted octanol–water partition coefficient (Wildman–Crippen LogP) is 5.54. The van der Waals surface area contributed by atoms with Crippen molar-refractivity contribution in [1.82, 2.24) is 9.97 Å². The van der Waals surface area contributed by atoms with E-state index in [-0.39, 0.29) is 10.8 Å². The zero-order valence-corrected chi connectivity index (χ0v) is 15.0. The largest absolute Gasteiger partial charge is 0.345 e. The Hall–Kier alpha value is -0.790. The summed E-state index contributed by atoms with van der Waals surface area (Å²) in [6.45, 7) is 20.5. The molecule has 1 unspecified atom stereocenters. The smallest absolute Gasteiger partial charge is 0.112 e. The molecule has 1 heterocycles. The van der Waals surface area contributed by atoms with E-state index in [0.29, 0.717) is 11.8 Å². The van der Waals surface area contributed by atoms with Gasteiger partial charge in [-0.2, -0.15) is 0 Å². The Bertz CT molecular complexity index is 433. The molecule has 1 aromatic rings. The Morgan fingerprint density at radius 1 is 1.05 bits per heavy atom. The van der Waals surface area contributed by atoms with Crippen LogP contribution in [0.1, 0.15) is 98.3 Å². The summed E-state index contributed by atoms with van der Waals surface area (Å²) in [7, 11) is 0. The monoisotopic (exact) mass is 278 g/mol. The van der Waals surface area contributed by atoms with Gasteiger partial charge >= 0.3 is 0 Å². The fourth-order valence-corrected chi connectivity index (χ4v) is 2.65. The fourth-order valence-electron chi connectivity index (χ4n) is 2.65. The molecule has 0 aromatic carbocycles. The molecule has 0 fully saturated rings. The van der Waals surface area contributed by atoms with Gasteiger partial charge in [0, 0.05) is 22.4 Å². The molecule has 0 aliphatic rings. The third-order valence-electron chi connectivity index (χ3n) is 4.43. The van der Waals surface area contributed by atoms with E-state index in [2.05, 4.69) is 67.3 Å². The Morgan fingerprint density at radius 3 is 2.00 bits per heavy atom. The maximum absolute atomic E-state index is 5.00. The average Bonchev–Trinajstić information content (AvgIpc) is 2.72. The van der Waals surface area contributed by atoms with E-state index in [4.69, 9.17) is 4.98 Å². The molecule has 1 atom stereocenters. The number of nitrogens with zero attached hydrogens (tertiary/aromatic N) is 1. The van der Waals surface area contributed by atoms with Gasteiger partial charge in [-0.25, -0.2) is 4.98 Å². The van der Waals surface area contributed by atoms with Crippen molar-refractivity contribution < 1.29 is 0 Å². The third-order valence-corrected chi connectivity index (χ3v) is 4.43. The van der Waals surface area contributed by atoms with Crippen LogP contribution in [0.15, 0.2) is 0 Å². The predicted molar refractivity (Wildman–Crippen MR) is 88.5 cm³/mol. The standard InChI is InChI=1S/C18H34N2/c1-10-11-18(8,9)15-14(13(4)12(2)3)19-16(20-15)17(5,6)7/h12-13H,10-11H2,1-9H3,(H,19,20). The Morgan fingerprint density at radius 2 is 1.60 bits per heavy atom. The summed E-state index contributed by atoms with van der Waals surface area (Å²) in [5.74, 6) is 2.23. The Kier molecular flexibility index (Phi) is 5.10. The van der Waals surface area contributed by atoms with E-state index in [1.54, 1.807) is 0 Å². The molecule has 0 aliphatic carbocycles. The number of nitrogens with one attached hydrogen (secondary N) is 1. The van der Waals surface area contributed by atoms with Crippen molar-refractivity contribution in [3.05, 3.63) is 17.2 Å². The minimum absolute atomic E-state index is 0.0754. The van der Waals surface area contributed by atoms with Crippen LogP contribution in [-0.4, -0.2) is 9.97 Å². The maximum Gasteiger partial charge on any atom is 0.112 e. The van der Waals surface area contributed by atoms with Crippen molar-refractivity contribution in [2.45, 2.75) is 91.9 Å². The van der Waals surface area contributed by atoms with Crippen LogP contribution >= 0.6 is 0 Å². The molecule has 1 aromatic heterocycles. The highest BCUT2D eigenvalue weighted by molar-refractivity contribution is 5.28. The summed E-state index contributed by atoms with van der Waals surface area (Å²) < 4.78 is 0. The molecule has 2 nitrogen and oxygen atoms in total. The van der Waals surface area contributed by atoms with E-state index in [1.165, 1.54) is 24.2 Å². The van der Waals surface area contributed by atoms with Gasteiger partial charge in [-0.3, -0.25) is 0 Å². The highest BCUT2D eigenvalue weighted by atomic mass is 15.0. The molecule has 0 bridgehead atoms. The number of H-pyrrole nitrogens is 1. The molecule has 0 amide bonds. The van der Waals surface area contributed by atoms with Gasteiger partial charge in [-0.15, -0.1) is 0 Å². The lowest BCUT2D eigenvalue weighted by Crippen LogP contribution is -2.21. The van der Waals surface area contributed by atoms with Crippen LogP contribution in [0.2, 0.25) is 0 Å². The van der Waals surface area contributed by atoms with Gasteiger partial charge in [-0.1, -0.05) is 68.7 Å². The fraction of sp³-hybridized carbons (Fsp3) is 0.833. The molecule has 1 N–H and O–H groups in total. The second-order valence-corrected chi connectivity index (χ2v) is 8.26. The molecule has 20 heavy (non-hydrogen) atoms. The Labute approximate surface area is 125 Å². The first-order valence-corrected chi connectivity index (χ1v) is 8.11. The third kappa shape index (κ3) is 3.65. The van der Waals surface area contributed by atoms with Crippen molar-refractivity contribution >= 4 is 0 Å². The molecule has 0 saturated carbocycles. The highest BCUT2D eigenvalue weighted by Gasteiger charge is 2.31. The van der Waals surface area contributed by atoms with Gasteiger partial charge in [0.05, 0.1) is 5.69 Å². The van der Waals surface area contributed by atoms with Crippen LogP contribution in [0, 0.1) is 5.92 Å². The number of hydrogen-bond acceptors (Lipinski definition) is 1. The van der Waals surface area contributed by atoms with Gasteiger partial charge in [0.25, 0.3) is 0 Å². The maximum atomic E-state index is 5.00. The molecule has 0 aliphatic heterocycles. The van der Waals surface area contributed by atoms with Crippen molar-refractivity contribution in [2.24, 2.45) is 5.92 Å². The van der Waals surface area contributed by atoms with E-state index in [0.717, 1.165) is 5.82 Å². The molecule has 0 radical (unpaired) electrons. The first-order valence-electron chi connectivity index (χ1n) is 8.11. The summed E-state index contributed by atoms with van der Waals surface area (Å²) in [6.07, 6.45) is 2.39. The summed E-state index contributed by atoms with van der Waals surface area (Å²) >= 11 is 0. The molecule has 0 saturated heterocycles. The molecular weight excluding hydrogens is 244 g/mol. The first-order chi connectivity index (χ1) is 9.00. The van der Waals surface area contributed by atoms with Gasteiger partial charge in [0.2, 0.25) is 0 Å². The highest BCUT2D eigenvalue weighted by Crippen LogP contribution is 2.37. The van der Waals surface area contributed by atoms with Gasteiger partial charge in [0.1, 0.15) is 5.82 Å². The zero-order chi connectivity index (χ0) is 15.7. The van der Waals surface area contributed by atoms with E-state index < -0.39 is 0 Å². The number of aromatic amines is 1. The number of aromatic nitrogens is 2. The topological polar surface area (TPSA) is 28.7 Å². The number of hydrogen-bond donors (Lipinski definition) is 1. The van der Waals surface area contributed by atoms with Crippen LogP contribution in [0.4, 0.5) is 0 Å². The van der Waals surface area contributed by atoms with Crippen molar-refractivity contribution in [3.8, 4) is 0 Å². The summed E-state index contributed by atoms with van der Waals surface area (Å²) in [6, 6.07) is 0.